The molecule has 0 spiro atoms. The van der Waals surface area contributed by atoms with Gasteiger partial charge < -0.3 is 19.5 Å². The van der Waals surface area contributed by atoms with Gasteiger partial charge in [0, 0.05) is 23.7 Å². The van der Waals surface area contributed by atoms with Gasteiger partial charge in [-0.05, 0) is 18.2 Å². The molecule has 1 saturated heterocycles. The third kappa shape index (κ3) is 3.39. The minimum absolute atomic E-state index is 0.0949. The molecular weight excluding hydrogens is 308 g/mol. The fourth-order valence-electron chi connectivity index (χ4n) is 2.71. The Bertz CT molecular complexity index is 702. The van der Waals surface area contributed by atoms with E-state index < -0.39 is 0 Å². The lowest BCUT2D eigenvalue weighted by molar-refractivity contribution is -0.0183. The lowest BCUT2D eigenvalue weighted by atomic mass is 10.1. The van der Waals surface area contributed by atoms with E-state index in [9.17, 15) is 9.90 Å². The van der Waals surface area contributed by atoms with Gasteiger partial charge in [-0.15, -0.1) is 0 Å². The summed E-state index contributed by atoms with van der Waals surface area (Å²) in [5, 5.41) is 9.41. The molecule has 1 atom stereocenters. The number of hydrogen-bond acceptors (Lipinski definition) is 5. The Morgan fingerprint density at radius 2 is 2.12 bits per heavy atom. The minimum atomic E-state index is -0.286. The Labute approximate surface area is 140 Å². The summed E-state index contributed by atoms with van der Waals surface area (Å²) >= 11 is 0. The van der Waals surface area contributed by atoms with Crippen LogP contribution in [0.2, 0.25) is 0 Å². The first-order chi connectivity index (χ1) is 11.7. The van der Waals surface area contributed by atoms with Gasteiger partial charge in [-0.2, -0.15) is 0 Å². The van der Waals surface area contributed by atoms with Gasteiger partial charge in [0.05, 0.1) is 38.7 Å². The largest absolute Gasteiger partial charge is 0.481 e. The van der Waals surface area contributed by atoms with Gasteiger partial charge in [-0.1, -0.05) is 18.2 Å². The monoisotopic (exact) mass is 328 g/mol. The van der Waals surface area contributed by atoms with E-state index in [0.717, 1.165) is 11.3 Å². The molecule has 0 radical (unpaired) electrons. The number of hydrogen-bond donors (Lipinski definition) is 1. The lowest BCUT2D eigenvalue weighted by Gasteiger charge is -2.34. The fraction of sp³-hybridized carbons (Fsp3) is 0.333. The molecule has 1 N–H and O–H groups in total. The van der Waals surface area contributed by atoms with Crippen LogP contribution in [0.1, 0.15) is 10.4 Å². The van der Waals surface area contributed by atoms with Crippen molar-refractivity contribution in [2.75, 3.05) is 33.5 Å². The van der Waals surface area contributed by atoms with Gasteiger partial charge in [0.2, 0.25) is 5.88 Å². The number of carbonyl (C=O) groups is 1. The van der Waals surface area contributed by atoms with Gasteiger partial charge in [0.25, 0.3) is 5.91 Å². The zero-order valence-electron chi connectivity index (χ0n) is 13.5. The van der Waals surface area contributed by atoms with E-state index in [0.29, 0.717) is 31.2 Å². The third-order valence-corrected chi connectivity index (χ3v) is 4.06. The Morgan fingerprint density at radius 1 is 1.33 bits per heavy atom. The lowest BCUT2D eigenvalue weighted by Crippen LogP contribution is -2.50. The van der Waals surface area contributed by atoms with Crippen LogP contribution in [0.25, 0.3) is 11.3 Å². The number of morpholine rings is 1. The maximum Gasteiger partial charge on any atom is 0.254 e. The standard InChI is InChI=1S/C18H20N2O4/c1-23-17-4-2-3-16(19-17)13-5-7-14(8-6-13)18(22)20-9-10-24-12-15(20)11-21/h2-8,15,21H,9-12H2,1H3/t15-/m0/s1. The Hall–Kier alpha value is -2.44. The average Bonchev–Trinajstić information content (AvgIpc) is 2.67. The summed E-state index contributed by atoms with van der Waals surface area (Å²) in [7, 11) is 1.58. The molecule has 1 amide bonds. The molecule has 0 saturated carbocycles. The highest BCUT2D eigenvalue weighted by atomic mass is 16.5. The molecule has 126 valence electrons. The normalized spacial score (nSPS) is 17.6. The molecular formula is C18H20N2O4. The van der Waals surface area contributed by atoms with Gasteiger partial charge in [-0.3, -0.25) is 4.79 Å². The number of aliphatic hydroxyl groups excluding tert-OH is 1. The van der Waals surface area contributed by atoms with Crippen LogP contribution in [0, 0.1) is 0 Å². The first-order valence-corrected chi connectivity index (χ1v) is 7.84. The molecule has 0 unspecified atom stereocenters. The summed E-state index contributed by atoms with van der Waals surface area (Å²) in [6, 6.07) is 12.6. The first-order valence-electron chi connectivity index (χ1n) is 7.84. The summed E-state index contributed by atoms with van der Waals surface area (Å²) in [5.74, 6) is 0.453. The highest BCUT2D eigenvalue weighted by Crippen LogP contribution is 2.21. The number of aliphatic hydroxyl groups is 1. The quantitative estimate of drug-likeness (QED) is 0.923. The SMILES string of the molecule is COc1cccc(-c2ccc(C(=O)N3CCOC[C@@H]3CO)cc2)n1. The van der Waals surface area contributed by atoms with E-state index in [1.165, 1.54) is 0 Å². The molecule has 2 heterocycles. The van der Waals surface area contributed by atoms with Crippen molar-refractivity contribution in [1.29, 1.82) is 0 Å². The highest BCUT2D eigenvalue weighted by molar-refractivity contribution is 5.95. The molecule has 3 rings (SSSR count). The summed E-state index contributed by atoms with van der Waals surface area (Å²) in [6.45, 7) is 1.25. The maximum absolute atomic E-state index is 12.6. The Balaban J connectivity index is 1.79. The van der Waals surface area contributed by atoms with Crippen LogP contribution in [-0.4, -0.2) is 60.4 Å². The van der Waals surface area contributed by atoms with Crippen LogP contribution in [-0.2, 0) is 4.74 Å². The van der Waals surface area contributed by atoms with Crippen molar-refractivity contribution in [3.8, 4) is 17.1 Å². The van der Waals surface area contributed by atoms with Crippen molar-refractivity contribution in [2.45, 2.75) is 6.04 Å². The number of carbonyl (C=O) groups excluding carboxylic acids is 1. The molecule has 1 fully saturated rings. The van der Waals surface area contributed by atoms with Crippen molar-refractivity contribution < 1.29 is 19.4 Å². The fourth-order valence-corrected chi connectivity index (χ4v) is 2.71. The number of aromatic nitrogens is 1. The second-order valence-electron chi connectivity index (χ2n) is 5.55. The molecule has 2 aromatic rings. The summed E-state index contributed by atoms with van der Waals surface area (Å²) in [5.41, 5.74) is 2.28. The van der Waals surface area contributed by atoms with Gasteiger partial charge in [-0.25, -0.2) is 4.98 Å². The summed E-state index contributed by atoms with van der Waals surface area (Å²) < 4.78 is 10.4. The van der Waals surface area contributed by atoms with Crippen LogP contribution >= 0.6 is 0 Å². The van der Waals surface area contributed by atoms with Crippen molar-refractivity contribution in [3.05, 3.63) is 48.0 Å². The number of rotatable bonds is 4. The van der Waals surface area contributed by atoms with E-state index in [1.807, 2.05) is 24.3 Å². The number of pyridine rings is 1. The van der Waals surface area contributed by atoms with Crippen LogP contribution in [0.3, 0.4) is 0 Å². The summed E-state index contributed by atoms with van der Waals surface area (Å²) in [4.78, 5) is 18.7. The summed E-state index contributed by atoms with van der Waals surface area (Å²) in [6.07, 6.45) is 0. The van der Waals surface area contributed by atoms with E-state index >= 15 is 0 Å². The number of methoxy groups -OCH3 is 1. The highest BCUT2D eigenvalue weighted by Gasteiger charge is 2.27. The zero-order chi connectivity index (χ0) is 16.9. The van der Waals surface area contributed by atoms with Crippen LogP contribution < -0.4 is 4.74 Å². The van der Waals surface area contributed by atoms with Crippen LogP contribution in [0.4, 0.5) is 0 Å². The van der Waals surface area contributed by atoms with E-state index in [1.54, 1.807) is 30.2 Å². The molecule has 1 aliphatic rings. The maximum atomic E-state index is 12.6. The van der Waals surface area contributed by atoms with E-state index in [2.05, 4.69) is 4.98 Å². The van der Waals surface area contributed by atoms with Gasteiger partial charge >= 0.3 is 0 Å². The number of benzene rings is 1. The smallest absolute Gasteiger partial charge is 0.254 e. The van der Waals surface area contributed by atoms with Crippen molar-refractivity contribution >= 4 is 5.91 Å². The third-order valence-electron chi connectivity index (χ3n) is 4.06. The van der Waals surface area contributed by atoms with E-state index in [4.69, 9.17) is 9.47 Å². The molecule has 0 aliphatic carbocycles. The molecule has 6 nitrogen and oxygen atoms in total. The predicted octanol–water partition coefficient (Wildman–Crippen LogP) is 1.59. The average molecular weight is 328 g/mol. The molecule has 1 aliphatic heterocycles. The minimum Gasteiger partial charge on any atom is -0.481 e. The van der Waals surface area contributed by atoms with Crippen molar-refractivity contribution in [3.63, 3.8) is 0 Å². The molecule has 24 heavy (non-hydrogen) atoms. The Kier molecular flexibility index (Phi) is 5.08. The van der Waals surface area contributed by atoms with E-state index in [-0.39, 0.29) is 18.6 Å². The topological polar surface area (TPSA) is 71.9 Å². The first kappa shape index (κ1) is 16.4. The van der Waals surface area contributed by atoms with Gasteiger partial charge in [0.15, 0.2) is 0 Å². The Morgan fingerprint density at radius 3 is 2.83 bits per heavy atom. The molecule has 1 aromatic carbocycles. The van der Waals surface area contributed by atoms with Crippen LogP contribution in [0.15, 0.2) is 42.5 Å². The van der Waals surface area contributed by atoms with Gasteiger partial charge in [0.1, 0.15) is 0 Å². The van der Waals surface area contributed by atoms with Crippen molar-refractivity contribution in [2.24, 2.45) is 0 Å². The number of nitrogens with zero attached hydrogens (tertiary/aromatic N) is 2. The number of ether oxygens (including phenoxy) is 2. The zero-order valence-corrected chi connectivity index (χ0v) is 13.5. The van der Waals surface area contributed by atoms with Crippen LogP contribution in [0.5, 0.6) is 5.88 Å². The number of amides is 1. The van der Waals surface area contributed by atoms with Crippen molar-refractivity contribution in [1.82, 2.24) is 9.88 Å². The molecule has 6 heteroatoms. The second kappa shape index (κ2) is 7.42. The second-order valence-corrected chi connectivity index (χ2v) is 5.55. The predicted molar refractivity (Wildman–Crippen MR) is 89.0 cm³/mol. The molecule has 1 aromatic heterocycles. The molecule has 0 bridgehead atoms.